The van der Waals surface area contributed by atoms with Crippen LogP contribution in [0.25, 0.3) is 0 Å². The van der Waals surface area contributed by atoms with E-state index in [4.69, 9.17) is 25.4 Å². The second-order valence-corrected chi connectivity index (χ2v) is 4.03. The highest BCUT2D eigenvalue weighted by Gasteiger charge is 2.22. The lowest BCUT2D eigenvalue weighted by Gasteiger charge is -2.21. The fourth-order valence-corrected chi connectivity index (χ4v) is 1.87. The summed E-state index contributed by atoms with van der Waals surface area (Å²) < 4.78 is 10.4. The van der Waals surface area contributed by atoms with E-state index in [1.807, 2.05) is 0 Å². The Bertz CT molecular complexity index is 471. The predicted molar refractivity (Wildman–Crippen MR) is 67.1 cm³/mol. The smallest absolute Gasteiger partial charge is 0.256 e. The van der Waals surface area contributed by atoms with Crippen LogP contribution in [-0.4, -0.2) is 54.1 Å². The van der Waals surface area contributed by atoms with Gasteiger partial charge in [0.25, 0.3) is 5.91 Å². The van der Waals surface area contributed by atoms with Crippen molar-refractivity contribution in [1.29, 1.82) is 0 Å². The maximum Gasteiger partial charge on any atom is 0.256 e. The molecule has 0 atom stereocenters. The zero-order chi connectivity index (χ0) is 13.8. The molecular weight excluding hydrogens is 252 g/mol. The number of rotatable bonds is 5. The number of nitrogen functional groups attached to an aromatic ring is 1. The number of hydrogen-bond acceptors (Lipinski definition) is 6. The van der Waals surface area contributed by atoms with E-state index in [1.165, 1.54) is 17.0 Å². The first-order valence-corrected chi connectivity index (χ1v) is 5.87. The van der Waals surface area contributed by atoms with E-state index in [1.54, 1.807) is 0 Å². The topological polar surface area (TPSA) is 105 Å². The molecule has 1 heterocycles. The molecule has 19 heavy (non-hydrogen) atoms. The summed E-state index contributed by atoms with van der Waals surface area (Å²) in [5.74, 6) is 0.606. The normalized spacial score (nSPS) is 12.5. The predicted octanol–water partition coefficient (Wildman–Crippen LogP) is -0.576. The molecular formula is C12H16N2O5. The first-order chi connectivity index (χ1) is 9.17. The molecule has 104 valence electrons. The van der Waals surface area contributed by atoms with Gasteiger partial charge in [-0.2, -0.15) is 0 Å². The van der Waals surface area contributed by atoms with Gasteiger partial charge in [-0.05, 0) is 6.07 Å². The van der Waals surface area contributed by atoms with Crippen LogP contribution in [0.3, 0.4) is 0 Å². The number of nitrogens with two attached hydrogens (primary N) is 1. The van der Waals surface area contributed by atoms with Crippen molar-refractivity contribution in [3.05, 3.63) is 17.7 Å². The SMILES string of the molecule is Nc1cc2c(cc1C(=O)N(CCO)CCO)OCO2. The van der Waals surface area contributed by atoms with Crippen LogP contribution in [0.5, 0.6) is 11.5 Å². The Morgan fingerprint density at radius 2 is 1.79 bits per heavy atom. The van der Waals surface area contributed by atoms with Crippen LogP contribution in [0.4, 0.5) is 5.69 Å². The highest BCUT2D eigenvalue weighted by Crippen LogP contribution is 2.36. The van der Waals surface area contributed by atoms with E-state index in [2.05, 4.69) is 0 Å². The van der Waals surface area contributed by atoms with Gasteiger partial charge in [0.15, 0.2) is 11.5 Å². The van der Waals surface area contributed by atoms with Crippen molar-refractivity contribution in [1.82, 2.24) is 4.90 Å². The maximum atomic E-state index is 12.3. The molecule has 1 aromatic rings. The highest BCUT2D eigenvalue weighted by atomic mass is 16.7. The number of carbonyl (C=O) groups excluding carboxylic acids is 1. The second-order valence-electron chi connectivity index (χ2n) is 4.03. The number of aliphatic hydroxyl groups is 2. The number of aliphatic hydroxyl groups excluding tert-OH is 2. The van der Waals surface area contributed by atoms with Crippen molar-refractivity contribution in [2.75, 3.05) is 38.8 Å². The van der Waals surface area contributed by atoms with Gasteiger partial charge in [-0.25, -0.2) is 0 Å². The fraction of sp³-hybridized carbons (Fsp3) is 0.417. The third-order valence-electron chi connectivity index (χ3n) is 2.80. The number of amides is 1. The summed E-state index contributed by atoms with van der Waals surface area (Å²) >= 11 is 0. The van der Waals surface area contributed by atoms with Gasteiger partial charge in [0.2, 0.25) is 6.79 Å². The van der Waals surface area contributed by atoms with Gasteiger partial charge >= 0.3 is 0 Å². The Balaban J connectivity index is 2.27. The van der Waals surface area contributed by atoms with Crippen molar-refractivity contribution in [3.63, 3.8) is 0 Å². The van der Waals surface area contributed by atoms with E-state index in [0.29, 0.717) is 11.5 Å². The van der Waals surface area contributed by atoms with Gasteiger partial charge in [-0.15, -0.1) is 0 Å². The van der Waals surface area contributed by atoms with Gasteiger partial charge in [0, 0.05) is 24.8 Å². The fourth-order valence-electron chi connectivity index (χ4n) is 1.87. The number of hydrogen-bond donors (Lipinski definition) is 3. The van der Waals surface area contributed by atoms with Crippen molar-refractivity contribution < 1.29 is 24.5 Å². The Hall–Kier alpha value is -1.99. The van der Waals surface area contributed by atoms with Gasteiger partial charge in [0.05, 0.1) is 18.8 Å². The molecule has 0 aliphatic carbocycles. The minimum atomic E-state index is -0.362. The lowest BCUT2D eigenvalue weighted by molar-refractivity contribution is 0.0685. The third-order valence-corrected chi connectivity index (χ3v) is 2.80. The number of anilines is 1. The van der Waals surface area contributed by atoms with Crippen LogP contribution in [0.1, 0.15) is 10.4 Å². The summed E-state index contributed by atoms with van der Waals surface area (Å²) in [6.45, 7) is -0.00362. The zero-order valence-electron chi connectivity index (χ0n) is 10.3. The van der Waals surface area contributed by atoms with E-state index in [9.17, 15) is 4.79 Å². The van der Waals surface area contributed by atoms with Gasteiger partial charge in [-0.3, -0.25) is 4.79 Å². The Morgan fingerprint density at radius 3 is 2.37 bits per heavy atom. The summed E-state index contributed by atoms with van der Waals surface area (Å²) in [6.07, 6.45) is 0. The van der Waals surface area contributed by atoms with E-state index < -0.39 is 0 Å². The number of ether oxygens (including phenoxy) is 2. The molecule has 7 nitrogen and oxygen atoms in total. The molecule has 1 aromatic carbocycles. The molecule has 0 saturated heterocycles. The van der Waals surface area contributed by atoms with Crippen LogP contribution in [0, 0.1) is 0 Å². The highest BCUT2D eigenvalue weighted by molar-refractivity contribution is 6.00. The Labute approximate surface area is 110 Å². The molecule has 0 unspecified atom stereocenters. The molecule has 0 saturated carbocycles. The van der Waals surface area contributed by atoms with Gasteiger partial charge in [-0.1, -0.05) is 0 Å². The summed E-state index contributed by atoms with van der Waals surface area (Å²) in [7, 11) is 0. The number of nitrogens with zero attached hydrogens (tertiary/aromatic N) is 1. The summed E-state index contributed by atoms with van der Waals surface area (Å²) in [5, 5.41) is 17.9. The second kappa shape index (κ2) is 5.77. The number of benzene rings is 1. The zero-order valence-corrected chi connectivity index (χ0v) is 10.3. The van der Waals surface area contributed by atoms with Crippen LogP contribution in [0.2, 0.25) is 0 Å². The van der Waals surface area contributed by atoms with Crippen molar-refractivity contribution >= 4 is 11.6 Å². The summed E-state index contributed by atoms with van der Waals surface area (Å²) in [5.41, 5.74) is 6.36. The maximum absolute atomic E-state index is 12.3. The standard InChI is InChI=1S/C12H16N2O5/c13-9-6-11-10(18-7-19-11)5-8(9)12(17)14(1-3-15)2-4-16/h5-6,15-16H,1-4,7,13H2. The average molecular weight is 268 g/mol. The molecule has 1 aliphatic rings. The van der Waals surface area contributed by atoms with Crippen LogP contribution < -0.4 is 15.2 Å². The van der Waals surface area contributed by atoms with E-state index in [0.717, 1.165) is 0 Å². The van der Waals surface area contributed by atoms with Crippen molar-refractivity contribution in [3.8, 4) is 11.5 Å². The molecule has 1 amide bonds. The largest absolute Gasteiger partial charge is 0.454 e. The minimum Gasteiger partial charge on any atom is -0.454 e. The van der Waals surface area contributed by atoms with Crippen molar-refractivity contribution in [2.24, 2.45) is 0 Å². The molecule has 1 aliphatic heterocycles. The molecule has 0 radical (unpaired) electrons. The van der Waals surface area contributed by atoms with Crippen LogP contribution >= 0.6 is 0 Å². The van der Waals surface area contributed by atoms with Crippen LogP contribution in [-0.2, 0) is 0 Å². The summed E-state index contributed by atoms with van der Waals surface area (Å²) in [6, 6.07) is 3.05. The molecule has 0 spiro atoms. The van der Waals surface area contributed by atoms with E-state index in [-0.39, 0.29) is 50.3 Å². The van der Waals surface area contributed by atoms with Gasteiger partial charge in [0.1, 0.15) is 0 Å². The lowest BCUT2D eigenvalue weighted by atomic mass is 10.1. The molecule has 4 N–H and O–H groups in total. The van der Waals surface area contributed by atoms with E-state index >= 15 is 0 Å². The van der Waals surface area contributed by atoms with Crippen LogP contribution in [0.15, 0.2) is 12.1 Å². The molecule has 7 heteroatoms. The number of carbonyl (C=O) groups is 1. The molecule has 2 rings (SSSR count). The number of fused-ring (bicyclic) bond motifs is 1. The monoisotopic (exact) mass is 268 g/mol. The molecule has 0 aromatic heterocycles. The third kappa shape index (κ3) is 2.72. The first kappa shape index (κ1) is 13.4. The summed E-state index contributed by atoms with van der Waals surface area (Å²) in [4.78, 5) is 13.6. The quantitative estimate of drug-likeness (QED) is 0.617. The molecule has 0 bridgehead atoms. The van der Waals surface area contributed by atoms with Gasteiger partial charge < -0.3 is 30.3 Å². The molecule has 0 fully saturated rings. The Kier molecular flexibility index (Phi) is 4.08. The minimum absolute atomic E-state index is 0.101. The Morgan fingerprint density at radius 1 is 1.21 bits per heavy atom. The first-order valence-electron chi connectivity index (χ1n) is 5.87. The average Bonchev–Trinajstić information content (AvgIpc) is 2.83. The van der Waals surface area contributed by atoms with Crippen molar-refractivity contribution in [2.45, 2.75) is 0 Å². The lowest BCUT2D eigenvalue weighted by Crippen LogP contribution is -2.36.